The highest BCUT2D eigenvalue weighted by atomic mass is 16.5. The molecule has 0 aliphatic carbocycles. The van der Waals surface area contributed by atoms with Crippen LogP contribution in [0, 0.1) is 0 Å². The summed E-state index contributed by atoms with van der Waals surface area (Å²) in [5, 5.41) is 11.5. The van der Waals surface area contributed by atoms with Crippen molar-refractivity contribution in [2.45, 2.75) is 58.1 Å². The lowest BCUT2D eigenvalue weighted by molar-refractivity contribution is -0.137. The Morgan fingerprint density at radius 1 is 1.50 bits per heavy atom. The van der Waals surface area contributed by atoms with Crippen LogP contribution in [0.5, 0.6) is 0 Å². The van der Waals surface area contributed by atoms with Gasteiger partial charge in [0, 0.05) is 32.2 Å². The second kappa shape index (κ2) is 8.79. The number of amides is 2. The highest BCUT2D eigenvalue weighted by Gasteiger charge is 2.24. The highest BCUT2D eigenvalue weighted by molar-refractivity contribution is 5.74. The molecule has 0 bridgehead atoms. The van der Waals surface area contributed by atoms with Crippen LogP contribution in [0.2, 0.25) is 0 Å². The van der Waals surface area contributed by atoms with E-state index in [0.29, 0.717) is 26.0 Å². The van der Waals surface area contributed by atoms with Crippen molar-refractivity contribution >= 4 is 12.0 Å². The monoisotopic (exact) mass is 286 g/mol. The van der Waals surface area contributed by atoms with Gasteiger partial charge in [-0.25, -0.2) is 4.79 Å². The van der Waals surface area contributed by atoms with Gasteiger partial charge in [0.2, 0.25) is 0 Å². The van der Waals surface area contributed by atoms with E-state index < -0.39 is 5.97 Å². The van der Waals surface area contributed by atoms with Gasteiger partial charge in [-0.1, -0.05) is 0 Å². The Morgan fingerprint density at radius 2 is 2.25 bits per heavy atom. The van der Waals surface area contributed by atoms with Gasteiger partial charge >= 0.3 is 12.0 Å². The molecule has 116 valence electrons. The molecule has 0 radical (unpaired) electrons. The number of carboxylic acids is 1. The van der Waals surface area contributed by atoms with Gasteiger partial charge in [0.1, 0.15) is 0 Å². The maximum Gasteiger partial charge on any atom is 0.317 e. The van der Waals surface area contributed by atoms with E-state index in [2.05, 4.69) is 5.32 Å². The fourth-order valence-electron chi connectivity index (χ4n) is 2.43. The quantitative estimate of drug-likeness (QED) is 0.748. The number of hydrogen-bond donors (Lipinski definition) is 2. The molecular formula is C14H26N2O4. The van der Waals surface area contributed by atoms with Crippen LogP contribution in [0.1, 0.15) is 46.0 Å². The minimum Gasteiger partial charge on any atom is -0.481 e. The molecule has 1 aliphatic heterocycles. The zero-order valence-corrected chi connectivity index (χ0v) is 12.4. The van der Waals surface area contributed by atoms with Crippen molar-refractivity contribution in [1.82, 2.24) is 10.2 Å². The first-order chi connectivity index (χ1) is 9.52. The lowest BCUT2D eigenvalue weighted by Crippen LogP contribution is -2.49. The molecular weight excluding hydrogens is 260 g/mol. The number of piperidine rings is 1. The summed E-state index contributed by atoms with van der Waals surface area (Å²) in [5.74, 6) is -0.792. The third-order valence-corrected chi connectivity index (χ3v) is 3.47. The molecule has 1 heterocycles. The molecule has 6 heteroatoms. The number of carbonyl (C=O) groups excluding carboxylic acids is 1. The number of rotatable bonds is 7. The number of hydrogen-bond acceptors (Lipinski definition) is 3. The summed E-state index contributed by atoms with van der Waals surface area (Å²) in [4.78, 5) is 24.3. The van der Waals surface area contributed by atoms with Gasteiger partial charge in [-0.2, -0.15) is 0 Å². The van der Waals surface area contributed by atoms with E-state index in [0.717, 1.165) is 19.4 Å². The summed E-state index contributed by atoms with van der Waals surface area (Å²) in [6.45, 7) is 5.94. The number of likely N-dealkylation sites (tertiary alicyclic amines) is 1. The Balaban J connectivity index is 2.28. The fourth-order valence-corrected chi connectivity index (χ4v) is 2.43. The Bertz CT molecular complexity index is 320. The van der Waals surface area contributed by atoms with E-state index >= 15 is 0 Å². The summed E-state index contributed by atoms with van der Waals surface area (Å²) >= 11 is 0. The average Bonchev–Trinajstić information content (AvgIpc) is 2.39. The van der Waals surface area contributed by atoms with E-state index in [1.54, 1.807) is 4.90 Å². The van der Waals surface area contributed by atoms with Crippen molar-refractivity contribution in [3.8, 4) is 0 Å². The molecule has 0 aromatic heterocycles. The topological polar surface area (TPSA) is 78.9 Å². The highest BCUT2D eigenvalue weighted by Crippen LogP contribution is 2.13. The van der Waals surface area contributed by atoms with Crippen LogP contribution >= 0.6 is 0 Å². The molecule has 2 atom stereocenters. The number of carboxylic acid groups (broad SMARTS) is 1. The molecule has 2 amide bonds. The molecule has 2 N–H and O–H groups in total. The first-order valence-corrected chi connectivity index (χ1v) is 7.41. The standard InChI is InChI=1S/C14H26N2O4/c1-3-20-12-7-5-9-16(10-12)14(19)15-11(2)6-4-8-13(17)18/h11-12H,3-10H2,1-2H3,(H,15,19)(H,17,18). The van der Waals surface area contributed by atoms with Gasteiger partial charge in [0.25, 0.3) is 0 Å². The third-order valence-electron chi connectivity index (χ3n) is 3.47. The van der Waals surface area contributed by atoms with Crippen LogP contribution in [0.3, 0.4) is 0 Å². The molecule has 1 rings (SSSR count). The van der Waals surface area contributed by atoms with Crippen molar-refractivity contribution in [2.24, 2.45) is 0 Å². The van der Waals surface area contributed by atoms with E-state index in [-0.39, 0.29) is 24.6 Å². The maximum absolute atomic E-state index is 12.1. The summed E-state index contributed by atoms with van der Waals surface area (Å²) in [7, 11) is 0. The van der Waals surface area contributed by atoms with E-state index in [9.17, 15) is 9.59 Å². The summed E-state index contributed by atoms with van der Waals surface area (Å²) < 4.78 is 5.57. The van der Waals surface area contributed by atoms with Gasteiger partial charge < -0.3 is 20.1 Å². The van der Waals surface area contributed by atoms with Crippen LogP contribution < -0.4 is 5.32 Å². The molecule has 6 nitrogen and oxygen atoms in total. The van der Waals surface area contributed by atoms with Crippen molar-refractivity contribution in [3.05, 3.63) is 0 Å². The number of nitrogens with zero attached hydrogens (tertiary/aromatic N) is 1. The number of urea groups is 1. The van der Waals surface area contributed by atoms with E-state index in [1.165, 1.54) is 0 Å². The van der Waals surface area contributed by atoms with Gasteiger partial charge in [-0.3, -0.25) is 4.79 Å². The zero-order chi connectivity index (χ0) is 15.0. The van der Waals surface area contributed by atoms with Crippen molar-refractivity contribution in [2.75, 3.05) is 19.7 Å². The van der Waals surface area contributed by atoms with Gasteiger partial charge in [0.05, 0.1) is 6.10 Å². The normalized spacial score (nSPS) is 20.5. The van der Waals surface area contributed by atoms with E-state index in [1.807, 2.05) is 13.8 Å². The minimum absolute atomic E-state index is 0.00526. The number of carbonyl (C=O) groups is 2. The summed E-state index contributed by atoms with van der Waals surface area (Å²) in [5.41, 5.74) is 0. The molecule has 1 fully saturated rings. The van der Waals surface area contributed by atoms with Crippen molar-refractivity contribution < 1.29 is 19.4 Å². The molecule has 1 saturated heterocycles. The van der Waals surface area contributed by atoms with Gasteiger partial charge in [-0.15, -0.1) is 0 Å². The molecule has 1 aliphatic rings. The lowest BCUT2D eigenvalue weighted by atomic mass is 10.1. The Kier molecular flexibility index (Phi) is 7.36. The van der Waals surface area contributed by atoms with Crippen molar-refractivity contribution in [3.63, 3.8) is 0 Å². The van der Waals surface area contributed by atoms with Crippen molar-refractivity contribution in [1.29, 1.82) is 0 Å². The largest absolute Gasteiger partial charge is 0.481 e. The van der Waals surface area contributed by atoms with Gasteiger partial charge in [0.15, 0.2) is 0 Å². The second-order valence-corrected chi connectivity index (χ2v) is 5.30. The smallest absolute Gasteiger partial charge is 0.317 e. The zero-order valence-electron chi connectivity index (χ0n) is 12.4. The predicted molar refractivity (Wildman–Crippen MR) is 75.7 cm³/mol. The maximum atomic E-state index is 12.1. The Labute approximate surface area is 120 Å². The molecule has 2 unspecified atom stereocenters. The van der Waals surface area contributed by atoms with Gasteiger partial charge in [-0.05, 0) is 39.5 Å². The number of ether oxygens (including phenoxy) is 1. The summed E-state index contributed by atoms with van der Waals surface area (Å²) in [6, 6.07) is -0.0773. The first-order valence-electron chi connectivity index (χ1n) is 7.41. The predicted octanol–water partition coefficient (Wildman–Crippen LogP) is 1.84. The lowest BCUT2D eigenvalue weighted by Gasteiger charge is -2.33. The molecule has 0 spiro atoms. The number of nitrogens with one attached hydrogen (secondary N) is 1. The third kappa shape index (κ3) is 6.23. The Hall–Kier alpha value is -1.30. The van der Waals surface area contributed by atoms with Crippen LogP contribution in [0.15, 0.2) is 0 Å². The number of aliphatic carboxylic acids is 1. The Morgan fingerprint density at radius 3 is 2.90 bits per heavy atom. The molecule has 0 aromatic rings. The van der Waals surface area contributed by atoms with Crippen LogP contribution in [0.25, 0.3) is 0 Å². The SMILES string of the molecule is CCOC1CCCN(C(=O)NC(C)CCCC(=O)O)C1. The summed E-state index contributed by atoms with van der Waals surface area (Å²) in [6.07, 6.45) is 3.52. The second-order valence-electron chi connectivity index (χ2n) is 5.30. The molecule has 0 saturated carbocycles. The molecule has 20 heavy (non-hydrogen) atoms. The average molecular weight is 286 g/mol. The first kappa shape index (κ1) is 16.8. The van der Waals surface area contributed by atoms with Crippen LogP contribution in [-0.4, -0.2) is 53.8 Å². The van der Waals surface area contributed by atoms with Crippen LogP contribution in [-0.2, 0) is 9.53 Å². The van der Waals surface area contributed by atoms with E-state index in [4.69, 9.17) is 9.84 Å². The molecule has 0 aromatic carbocycles. The fraction of sp³-hybridized carbons (Fsp3) is 0.857. The van der Waals surface area contributed by atoms with Crippen LogP contribution in [0.4, 0.5) is 4.79 Å². The minimum atomic E-state index is -0.792.